The summed E-state index contributed by atoms with van der Waals surface area (Å²) in [7, 11) is 0. The molecule has 1 aromatic carbocycles. The Morgan fingerprint density at radius 1 is 1.44 bits per heavy atom. The van der Waals surface area contributed by atoms with Gasteiger partial charge in [0.2, 0.25) is 5.91 Å². The maximum absolute atomic E-state index is 11.3. The Kier molecular flexibility index (Phi) is 2.93. The number of hydrogen-bond acceptors (Lipinski definition) is 3. The van der Waals surface area contributed by atoms with Crippen molar-refractivity contribution in [1.29, 1.82) is 0 Å². The summed E-state index contributed by atoms with van der Waals surface area (Å²) in [5.74, 6) is -0.0315. The predicted molar refractivity (Wildman–Crippen MR) is 60.7 cm³/mol. The van der Waals surface area contributed by atoms with E-state index in [0.29, 0.717) is 18.5 Å². The number of carbonyl (C=O) groups excluding carboxylic acids is 1. The van der Waals surface area contributed by atoms with Gasteiger partial charge < -0.3 is 14.6 Å². The predicted octanol–water partition coefficient (Wildman–Crippen LogP) is 1.09. The topological polar surface area (TPSA) is 81.3 Å². The van der Waals surface area contributed by atoms with E-state index in [1.807, 2.05) is 6.92 Å². The Balaban J connectivity index is 2.46. The van der Waals surface area contributed by atoms with E-state index >= 15 is 0 Å². The van der Waals surface area contributed by atoms with Crippen LogP contribution in [0.3, 0.4) is 0 Å². The lowest BCUT2D eigenvalue weighted by Crippen LogP contribution is -2.21. The summed E-state index contributed by atoms with van der Waals surface area (Å²) in [6.07, 6.45) is 0.943. The average Bonchev–Trinajstić information content (AvgIpc) is 2.22. The number of aryl methyl sites for hydroxylation is 1. The lowest BCUT2D eigenvalue weighted by molar-refractivity contribution is -0.116. The second kappa shape index (κ2) is 4.23. The molecule has 5 nitrogen and oxygen atoms in total. The summed E-state index contributed by atoms with van der Waals surface area (Å²) in [5, 5.41) is 2.76. The highest BCUT2D eigenvalue weighted by atomic mass is 32.2. The van der Waals surface area contributed by atoms with Crippen LogP contribution in [-0.2, 0) is 22.5 Å². The summed E-state index contributed by atoms with van der Waals surface area (Å²) < 4.78 is 23.6. The number of carbonyl (C=O) groups is 1. The standard InChI is InChI=1S/C10H12N2O3S/c1-6-2-4-8(12-16(14)15)7-3-5-9(13)11-10(6)7/h2,4,12H,3,5H2,1H3,(H,11,13)(H,14,15)/p-1. The van der Waals surface area contributed by atoms with E-state index in [-0.39, 0.29) is 5.91 Å². The van der Waals surface area contributed by atoms with Crippen LogP contribution in [0.25, 0.3) is 0 Å². The highest BCUT2D eigenvalue weighted by Crippen LogP contribution is 2.32. The van der Waals surface area contributed by atoms with Crippen LogP contribution < -0.4 is 10.0 Å². The van der Waals surface area contributed by atoms with Crippen molar-refractivity contribution in [2.24, 2.45) is 0 Å². The number of anilines is 2. The molecule has 0 aromatic heterocycles. The third-order valence-electron chi connectivity index (χ3n) is 2.58. The molecule has 1 amide bonds. The largest absolute Gasteiger partial charge is 0.755 e. The minimum Gasteiger partial charge on any atom is -0.755 e. The Morgan fingerprint density at radius 3 is 2.88 bits per heavy atom. The third-order valence-corrected chi connectivity index (χ3v) is 2.97. The van der Waals surface area contributed by atoms with E-state index in [9.17, 15) is 13.6 Å². The van der Waals surface area contributed by atoms with Crippen LogP contribution in [0.5, 0.6) is 0 Å². The van der Waals surface area contributed by atoms with E-state index in [2.05, 4.69) is 10.0 Å². The van der Waals surface area contributed by atoms with Gasteiger partial charge in [-0.2, -0.15) is 0 Å². The molecule has 0 saturated heterocycles. The summed E-state index contributed by atoms with van der Waals surface area (Å²) in [5.41, 5.74) is 3.05. The minimum atomic E-state index is -2.34. The zero-order valence-corrected chi connectivity index (χ0v) is 9.52. The van der Waals surface area contributed by atoms with Gasteiger partial charge in [-0.15, -0.1) is 0 Å². The molecule has 0 spiro atoms. The molecule has 0 fully saturated rings. The van der Waals surface area contributed by atoms with Gasteiger partial charge in [0.1, 0.15) is 0 Å². The van der Waals surface area contributed by atoms with E-state index in [1.165, 1.54) is 0 Å². The maximum atomic E-state index is 11.3. The second-order valence-electron chi connectivity index (χ2n) is 3.67. The van der Waals surface area contributed by atoms with E-state index in [1.54, 1.807) is 12.1 Å². The molecule has 0 radical (unpaired) electrons. The van der Waals surface area contributed by atoms with Crippen molar-refractivity contribution in [2.75, 3.05) is 10.0 Å². The van der Waals surface area contributed by atoms with Gasteiger partial charge in [0.05, 0.1) is 5.69 Å². The lowest BCUT2D eigenvalue weighted by atomic mass is 9.98. The van der Waals surface area contributed by atoms with Gasteiger partial charge in [0.25, 0.3) is 0 Å². The Morgan fingerprint density at radius 2 is 2.19 bits per heavy atom. The molecule has 1 heterocycles. The van der Waals surface area contributed by atoms with Crippen molar-refractivity contribution in [3.63, 3.8) is 0 Å². The molecule has 1 unspecified atom stereocenters. The van der Waals surface area contributed by atoms with E-state index in [0.717, 1.165) is 16.8 Å². The number of amides is 1. The van der Waals surface area contributed by atoms with Crippen molar-refractivity contribution in [3.05, 3.63) is 23.3 Å². The zero-order chi connectivity index (χ0) is 11.7. The Hall–Kier alpha value is -1.40. The van der Waals surface area contributed by atoms with Gasteiger partial charge in [-0.3, -0.25) is 9.00 Å². The second-order valence-corrected chi connectivity index (χ2v) is 4.34. The molecule has 0 aliphatic carbocycles. The first-order chi connectivity index (χ1) is 7.58. The molecule has 1 aliphatic heterocycles. The van der Waals surface area contributed by atoms with Crippen LogP contribution in [0.2, 0.25) is 0 Å². The smallest absolute Gasteiger partial charge is 0.224 e. The quantitative estimate of drug-likeness (QED) is 0.758. The number of nitrogens with one attached hydrogen (secondary N) is 2. The fourth-order valence-electron chi connectivity index (χ4n) is 1.82. The van der Waals surface area contributed by atoms with Crippen molar-refractivity contribution in [2.45, 2.75) is 19.8 Å². The average molecular weight is 239 g/mol. The molecule has 2 N–H and O–H groups in total. The van der Waals surface area contributed by atoms with Crippen molar-refractivity contribution >= 4 is 28.5 Å². The van der Waals surface area contributed by atoms with Crippen LogP contribution in [0.1, 0.15) is 17.5 Å². The first-order valence-corrected chi connectivity index (χ1v) is 5.93. The molecule has 0 saturated carbocycles. The molecule has 1 aromatic rings. The molecule has 1 atom stereocenters. The highest BCUT2D eigenvalue weighted by Gasteiger charge is 2.19. The summed E-state index contributed by atoms with van der Waals surface area (Å²) in [6.45, 7) is 1.88. The maximum Gasteiger partial charge on any atom is 0.224 e. The van der Waals surface area contributed by atoms with Gasteiger partial charge in [0, 0.05) is 28.9 Å². The summed E-state index contributed by atoms with van der Waals surface area (Å²) >= 11 is -2.34. The zero-order valence-electron chi connectivity index (χ0n) is 8.70. The number of hydrogen-bond donors (Lipinski definition) is 2. The molecule has 86 valence electrons. The van der Waals surface area contributed by atoms with Crippen LogP contribution in [-0.4, -0.2) is 14.7 Å². The van der Waals surface area contributed by atoms with Crippen LogP contribution in [0.15, 0.2) is 12.1 Å². The first-order valence-electron chi connectivity index (χ1n) is 4.86. The highest BCUT2D eigenvalue weighted by molar-refractivity contribution is 7.80. The number of fused-ring (bicyclic) bond motifs is 1. The SMILES string of the molecule is Cc1ccc(NS(=O)[O-])c2c1NC(=O)CC2. The number of benzene rings is 1. The van der Waals surface area contributed by atoms with E-state index in [4.69, 9.17) is 0 Å². The summed E-state index contributed by atoms with van der Waals surface area (Å²) in [6, 6.07) is 3.49. The third kappa shape index (κ3) is 2.07. The first kappa shape index (κ1) is 11.1. The fraction of sp³-hybridized carbons (Fsp3) is 0.300. The normalized spacial score (nSPS) is 16.2. The molecular formula is C10H11N2O3S-. The molecule has 0 bridgehead atoms. The molecular weight excluding hydrogens is 228 g/mol. The van der Waals surface area contributed by atoms with Gasteiger partial charge in [-0.05, 0) is 25.0 Å². The lowest BCUT2D eigenvalue weighted by Gasteiger charge is -2.23. The fourth-order valence-corrected chi connectivity index (χ4v) is 2.20. The van der Waals surface area contributed by atoms with Gasteiger partial charge in [-0.1, -0.05) is 6.07 Å². The van der Waals surface area contributed by atoms with Crippen molar-refractivity contribution < 1.29 is 13.6 Å². The van der Waals surface area contributed by atoms with Crippen LogP contribution in [0, 0.1) is 6.92 Å². The van der Waals surface area contributed by atoms with Crippen molar-refractivity contribution in [1.82, 2.24) is 0 Å². The van der Waals surface area contributed by atoms with E-state index < -0.39 is 11.3 Å². The molecule has 1 aliphatic rings. The van der Waals surface area contributed by atoms with Crippen molar-refractivity contribution in [3.8, 4) is 0 Å². The number of rotatable bonds is 2. The Bertz CT molecular complexity index is 473. The van der Waals surface area contributed by atoms with Crippen LogP contribution in [0.4, 0.5) is 11.4 Å². The minimum absolute atomic E-state index is 0.0315. The van der Waals surface area contributed by atoms with Crippen LogP contribution >= 0.6 is 0 Å². The molecule has 2 rings (SSSR count). The molecule has 16 heavy (non-hydrogen) atoms. The van der Waals surface area contributed by atoms with Gasteiger partial charge >= 0.3 is 0 Å². The Labute approximate surface area is 95.7 Å². The van der Waals surface area contributed by atoms with Gasteiger partial charge in [0.15, 0.2) is 0 Å². The van der Waals surface area contributed by atoms with Gasteiger partial charge in [-0.25, -0.2) is 0 Å². The monoisotopic (exact) mass is 239 g/mol. The summed E-state index contributed by atoms with van der Waals surface area (Å²) in [4.78, 5) is 11.3. The molecule has 6 heteroatoms.